The fourth-order valence-electron chi connectivity index (χ4n) is 12.2. The van der Waals surface area contributed by atoms with Gasteiger partial charge in [-0.05, 0) is 161 Å². The summed E-state index contributed by atoms with van der Waals surface area (Å²) in [6, 6.07) is 20.2. The van der Waals surface area contributed by atoms with Gasteiger partial charge in [0.1, 0.15) is 0 Å². The van der Waals surface area contributed by atoms with Gasteiger partial charge < -0.3 is 0 Å². The van der Waals surface area contributed by atoms with Crippen LogP contribution in [0, 0.1) is 38.5 Å². The molecule has 49 heavy (non-hydrogen) atoms. The molecule has 0 aromatic heterocycles. The van der Waals surface area contributed by atoms with Gasteiger partial charge in [-0.1, -0.05) is 124 Å². The molecule has 4 aromatic carbocycles. The Hall–Kier alpha value is -3.64. The predicted octanol–water partition coefficient (Wildman–Crippen LogP) is 13.1. The molecule has 1 saturated carbocycles. The maximum atomic E-state index is 2.75. The summed E-state index contributed by atoms with van der Waals surface area (Å²) < 4.78 is 0. The second kappa shape index (κ2) is 10.7. The lowest BCUT2D eigenvalue weighted by molar-refractivity contribution is 0.227. The lowest BCUT2D eigenvalue weighted by Crippen LogP contribution is -2.41. The minimum Gasteiger partial charge on any atom is -0.0681 e. The maximum absolute atomic E-state index is 2.75. The average Bonchev–Trinajstić information content (AvgIpc) is 3.61. The minimum atomic E-state index is -0.164. The Morgan fingerprint density at radius 1 is 0.776 bits per heavy atom. The summed E-state index contributed by atoms with van der Waals surface area (Å²) in [5.41, 5.74) is 24.1. The largest absolute Gasteiger partial charge is 0.0681 e. The molecule has 9 rings (SSSR count). The third-order valence-corrected chi connectivity index (χ3v) is 13.5. The normalized spacial score (nSPS) is 23.5. The molecule has 0 amide bonds. The maximum Gasteiger partial charge on any atom is 0.0473 e. The predicted molar refractivity (Wildman–Crippen MR) is 210 cm³/mol. The molecule has 4 aromatic rings. The van der Waals surface area contributed by atoms with Crippen LogP contribution in [0.3, 0.4) is 0 Å². The van der Waals surface area contributed by atoms with Gasteiger partial charge in [-0.25, -0.2) is 0 Å². The van der Waals surface area contributed by atoms with Crippen LogP contribution in [0.15, 0.2) is 71.8 Å². The van der Waals surface area contributed by atoms with Crippen molar-refractivity contribution in [1.82, 2.24) is 0 Å². The Kier molecular flexibility index (Phi) is 6.83. The highest BCUT2D eigenvalue weighted by Crippen LogP contribution is 2.67. The monoisotopic (exact) mass is 642 g/mol. The number of rotatable bonds is 3. The molecule has 1 spiro atoms. The Bertz CT molecular complexity index is 2200. The average molecular weight is 643 g/mol. The van der Waals surface area contributed by atoms with E-state index in [0.717, 1.165) is 12.8 Å². The first-order valence-electron chi connectivity index (χ1n) is 19.4. The molecule has 2 atom stereocenters. The lowest BCUT2D eigenvalue weighted by atomic mass is 9.56. The third-order valence-electron chi connectivity index (χ3n) is 13.5. The van der Waals surface area contributed by atoms with Crippen LogP contribution in [-0.2, 0) is 23.7 Å². The molecule has 0 nitrogen and oxygen atoms in total. The topological polar surface area (TPSA) is 0 Å². The smallest absolute Gasteiger partial charge is 0.0473 e. The van der Waals surface area contributed by atoms with Crippen molar-refractivity contribution in [2.45, 2.75) is 118 Å². The number of hydrogen-bond acceptors (Lipinski definition) is 0. The highest BCUT2D eigenvalue weighted by Gasteiger charge is 2.55. The summed E-state index contributed by atoms with van der Waals surface area (Å²) in [5.74, 6) is 1.83. The van der Waals surface area contributed by atoms with E-state index >= 15 is 0 Å². The fraction of sp³-hybridized carbons (Fsp3) is 0.429. The zero-order chi connectivity index (χ0) is 34.1. The second-order valence-corrected chi connectivity index (χ2v) is 17.8. The van der Waals surface area contributed by atoms with E-state index in [2.05, 4.69) is 123 Å². The van der Waals surface area contributed by atoms with Gasteiger partial charge in [0.25, 0.3) is 0 Å². The summed E-state index contributed by atoms with van der Waals surface area (Å²) in [6.07, 6.45) is 14.3. The van der Waals surface area contributed by atoms with E-state index in [4.69, 9.17) is 0 Å². The van der Waals surface area contributed by atoms with Crippen LogP contribution >= 0.6 is 0 Å². The number of benzene rings is 4. The van der Waals surface area contributed by atoms with Crippen LogP contribution in [0.25, 0.3) is 33.0 Å². The molecule has 0 aliphatic heterocycles. The molecule has 0 bridgehead atoms. The molecule has 1 fully saturated rings. The summed E-state index contributed by atoms with van der Waals surface area (Å²) in [7, 11) is 0. The van der Waals surface area contributed by atoms with Crippen molar-refractivity contribution in [3.8, 4) is 11.1 Å². The first-order valence-corrected chi connectivity index (χ1v) is 19.4. The van der Waals surface area contributed by atoms with Crippen molar-refractivity contribution < 1.29 is 0 Å². The Labute approximate surface area is 295 Å². The van der Waals surface area contributed by atoms with Crippen LogP contribution in [0.1, 0.15) is 129 Å². The molecule has 0 N–H and O–H groups in total. The van der Waals surface area contributed by atoms with Crippen LogP contribution in [0.5, 0.6) is 0 Å². The molecule has 0 radical (unpaired) electrons. The molecule has 5 aliphatic rings. The van der Waals surface area contributed by atoms with Crippen molar-refractivity contribution in [1.29, 1.82) is 0 Å². The van der Waals surface area contributed by atoms with Crippen LogP contribution in [0.2, 0.25) is 0 Å². The Morgan fingerprint density at radius 3 is 2.29 bits per heavy atom. The van der Waals surface area contributed by atoms with Crippen LogP contribution in [-0.4, -0.2) is 0 Å². The van der Waals surface area contributed by atoms with E-state index in [1.165, 1.54) is 93.0 Å². The van der Waals surface area contributed by atoms with Gasteiger partial charge in [-0.3, -0.25) is 0 Å². The lowest BCUT2D eigenvalue weighted by Gasteiger charge is -2.47. The summed E-state index contributed by atoms with van der Waals surface area (Å²) in [4.78, 5) is 0. The van der Waals surface area contributed by atoms with E-state index < -0.39 is 0 Å². The standard InChI is InChI=1S/C49H54/c1-27(2)19-33-15-16-35-25-38-36-17-18-41-43(47(36)48(8,9)45(38)37(35)24-33)40-23-31(6)42-30(5)20-28(3)22-39(42)46(40)49(41)26-29(4)21-32(7)44(49)34-13-11-10-12-14-34/h15-18,20-24,26-27,34,44H,10-14,19,25H2,1-9H3. The molecule has 0 saturated heterocycles. The first kappa shape index (κ1) is 31.3. The van der Waals surface area contributed by atoms with Crippen molar-refractivity contribution in [2.24, 2.45) is 17.8 Å². The SMILES string of the molecule is CC1=CC2(c3ccc4c(c3-c3cc(C)c5c(C)cc(C)cc5c32)C(C)(C)C2=C4Cc3ccc(CC(C)C)cc32)C(C2CCCCC2)C(C)=C1. The van der Waals surface area contributed by atoms with Gasteiger partial charge in [0.05, 0.1) is 0 Å². The van der Waals surface area contributed by atoms with E-state index in [9.17, 15) is 0 Å². The van der Waals surface area contributed by atoms with Gasteiger partial charge in [0, 0.05) is 10.8 Å². The highest BCUT2D eigenvalue weighted by atomic mass is 14.6. The van der Waals surface area contributed by atoms with E-state index in [1.807, 2.05) is 0 Å². The van der Waals surface area contributed by atoms with Gasteiger partial charge in [-0.15, -0.1) is 0 Å². The molecular formula is C49H54. The highest BCUT2D eigenvalue weighted by molar-refractivity contribution is 6.11. The summed E-state index contributed by atoms with van der Waals surface area (Å²) in [5, 5.41) is 2.97. The molecule has 2 unspecified atom stereocenters. The number of hydrogen-bond donors (Lipinski definition) is 0. The van der Waals surface area contributed by atoms with Gasteiger partial charge in [0.15, 0.2) is 0 Å². The molecule has 0 heteroatoms. The van der Waals surface area contributed by atoms with E-state index in [1.54, 1.807) is 39.0 Å². The summed E-state index contributed by atoms with van der Waals surface area (Å²) in [6.45, 7) is 21.7. The van der Waals surface area contributed by atoms with Crippen molar-refractivity contribution in [2.75, 3.05) is 0 Å². The van der Waals surface area contributed by atoms with Gasteiger partial charge >= 0.3 is 0 Å². The minimum absolute atomic E-state index is 0.0788. The zero-order valence-electron chi connectivity index (χ0n) is 31.5. The Balaban J connectivity index is 1.37. The van der Waals surface area contributed by atoms with Crippen LogP contribution in [0.4, 0.5) is 0 Å². The molecule has 0 heterocycles. The fourth-order valence-corrected chi connectivity index (χ4v) is 12.2. The van der Waals surface area contributed by atoms with Crippen molar-refractivity contribution in [3.05, 3.63) is 127 Å². The third kappa shape index (κ3) is 4.22. The number of aryl methyl sites for hydroxylation is 3. The Morgan fingerprint density at radius 2 is 1.53 bits per heavy atom. The quantitative estimate of drug-likeness (QED) is 0.209. The van der Waals surface area contributed by atoms with Crippen LogP contribution < -0.4 is 0 Å². The van der Waals surface area contributed by atoms with E-state index in [0.29, 0.717) is 17.8 Å². The first-order chi connectivity index (χ1) is 23.4. The number of fused-ring (bicyclic) bond motifs is 12. The molecular weight excluding hydrogens is 589 g/mol. The van der Waals surface area contributed by atoms with Gasteiger partial charge in [-0.2, -0.15) is 0 Å². The van der Waals surface area contributed by atoms with Crippen molar-refractivity contribution in [3.63, 3.8) is 0 Å². The van der Waals surface area contributed by atoms with Gasteiger partial charge in [0.2, 0.25) is 0 Å². The second-order valence-electron chi connectivity index (χ2n) is 17.8. The zero-order valence-corrected chi connectivity index (χ0v) is 31.5. The summed E-state index contributed by atoms with van der Waals surface area (Å²) >= 11 is 0. The molecule has 250 valence electrons. The number of allylic oxidation sites excluding steroid dienone is 6. The van der Waals surface area contributed by atoms with Crippen molar-refractivity contribution >= 4 is 21.9 Å². The molecule has 5 aliphatic carbocycles. The van der Waals surface area contributed by atoms with E-state index in [-0.39, 0.29) is 10.8 Å².